The highest BCUT2D eigenvalue weighted by Gasteiger charge is 2.19. The number of unbranched alkanes of at least 4 members (excludes halogenated alkanes) is 1. The molecule has 1 unspecified atom stereocenters. The van der Waals surface area contributed by atoms with Crippen LogP contribution >= 0.6 is 0 Å². The lowest BCUT2D eigenvalue weighted by atomic mass is 10.3. The Bertz CT molecular complexity index is 1040. The molecule has 28 heavy (non-hydrogen) atoms. The van der Waals surface area contributed by atoms with E-state index in [9.17, 15) is 14.7 Å². The Morgan fingerprint density at radius 1 is 1.29 bits per heavy atom. The molecule has 9 nitrogen and oxygen atoms in total. The largest absolute Gasteiger partial charge is 0.491 e. The molecule has 150 valence electrons. The van der Waals surface area contributed by atoms with Crippen molar-refractivity contribution < 1.29 is 9.84 Å². The summed E-state index contributed by atoms with van der Waals surface area (Å²) in [6.07, 6.45) is 1.05. The van der Waals surface area contributed by atoms with E-state index in [0.29, 0.717) is 18.2 Å². The average molecular weight is 387 g/mol. The number of benzene rings is 1. The molecule has 3 N–H and O–H groups in total. The third kappa shape index (κ3) is 4.25. The number of aliphatic hydroxyl groups excluding tert-OH is 1. The number of aromatic amines is 1. The Morgan fingerprint density at radius 2 is 2.04 bits per heavy atom. The maximum absolute atomic E-state index is 12.4. The fourth-order valence-corrected chi connectivity index (χ4v) is 2.90. The monoisotopic (exact) mass is 387 g/mol. The van der Waals surface area contributed by atoms with E-state index in [2.05, 4.69) is 22.2 Å². The number of aryl methyl sites for hydroxylation is 1. The number of aromatic nitrogens is 4. The zero-order chi connectivity index (χ0) is 20.1. The van der Waals surface area contributed by atoms with Crippen molar-refractivity contribution in [1.29, 1.82) is 0 Å². The molecule has 2 aromatic heterocycles. The quantitative estimate of drug-likeness (QED) is 0.473. The van der Waals surface area contributed by atoms with E-state index in [1.54, 1.807) is 23.7 Å². The minimum atomic E-state index is -0.874. The van der Waals surface area contributed by atoms with Gasteiger partial charge in [-0.3, -0.25) is 14.3 Å². The molecule has 0 fully saturated rings. The molecule has 0 spiro atoms. The first-order valence-electron chi connectivity index (χ1n) is 9.30. The highest BCUT2D eigenvalue weighted by molar-refractivity contribution is 5.74. The van der Waals surface area contributed by atoms with Gasteiger partial charge in [0.05, 0.1) is 6.54 Å². The number of ether oxygens (including phenoxy) is 1. The number of hydrogen-bond donors (Lipinski definition) is 3. The van der Waals surface area contributed by atoms with Crippen LogP contribution in [0, 0.1) is 0 Å². The predicted molar refractivity (Wildman–Crippen MR) is 107 cm³/mol. The first kappa shape index (κ1) is 19.7. The van der Waals surface area contributed by atoms with Gasteiger partial charge in [-0.2, -0.15) is 4.98 Å². The Hall–Kier alpha value is -3.07. The van der Waals surface area contributed by atoms with Gasteiger partial charge >= 0.3 is 5.69 Å². The van der Waals surface area contributed by atoms with Crippen molar-refractivity contribution in [2.75, 3.05) is 18.5 Å². The van der Waals surface area contributed by atoms with E-state index >= 15 is 0 Å². The summed E-state index contributed by atoms with van der Waals surface area (Å²) < 4.78 is 8.48. The molecule has 0 aliphatic heterocycles. The van der Waals surface area contributed by atoms with Gasteiger partial charge in [-0.1, -0.05) is 31.5 Å². The van der Waals surface area contributed by atoms with Crippen molar-refractivity contribution in [3.05, 3.63) is 51.2 Å². The average Bonchev–Trinajstić information content (AvgIpc) is 3.04. The summed E-state index contributed by atoms with van der Waals surface area (Å²) in [7, 11) is 1.54. The van der Waals surface area contributed by atoms with Crippen LogP contribution in [0.3, 0.4) is 0 Å². The summed E-state index contributed by atoms with van der Waals surface area (Å²) in [5.41, 5.74) is -0.565. The van der Waals surface area contributed by atoms with Gasteiger partial charge in [0, 0.05) is 13.6 Å². The number of imidazole rings is 1. The zero-order valence-corrected chi connectivity index (χ0v) is 16.0. The van der Waals surface area contributed by atoms with Gasteiger partial charge in [0.2, 0.25) is 5.95 Å². The van der Waals surface area contributed by atoms with Crippen molar-refractivity contribution in [2.24, 2.45) is 7.05 Å². The summed E-state index contributed by atoms with van der Waals surface area (Å²) in [4.78, 5) is 31.0. The highest BCUT2D eigenvalue weighted by Crippen LogP contribution is 2.17. The van der Waals surface area contributed by atoms with Crippen LogP contribution in [0.15, 0.2) is 39.9 Å². The van der Waals surface area contributed by atoms with Gasteiger partial charge in [0.1, 0.15) is 18.5 Å². The molecular weight excluding hydrogens is 362 g/mol. The molecule has 3 aromatic rings. The number of para-hydroxylation sites is 1. The molecular formula is C19H25N5O4. The Balaban J connectivity index is 1.88. The van der Waals surface area contributed by atoms with Crippen molar-refractivity contribution >= 4 is 17.1 Å². The van der Waals surface area contributed by atoms with Crippen LogP contribution in [-0.4, -0.2) is 43.5 Å². The summed E-state index contributed by atoms with van der Waals surface area (Å²) in [5.74, 6) is 1.09. The van der Waals surface area contributed by atoms with E-state index in [1.165, 1.54) is 4.57 Å². The van der Waals surface area contributed by atoms with Gasteiger partial charge in [-0.05, 0) is 18.6 Å². The van der Waals surface area contributed by atoms with Crippen molar-refractivity contribution in [1.82, 2.24) is 19.1 Å². The molecule has 0 saturated carbocycles. The third-order valence-corrected chi connectivity index (χ3v) is 4.40. The Morgan fingerprint density at radius 3 is 2.75 bits per heavy atom. The van der Waals surface area contributed by atoms with Crippen molar-refractivity contribution in [3.63, 3.8) is 0 Å². The van der Waals surface area contributed by atoms with Crippen LogP contribution in [0.25, 0.3) is 11.2 Å². The van der Waals surface area contributed by atoms with E-state index in [4.69, 9.17) is 4.74 Å². The molecule has 0 saturated heterocycles. The minimum Gasteiger partial charge on any atom is -0.491 e. The fourth-order valence-electron chi connectivity index (χ4n) is 2.90. The van der Waals surface area contributed by atoms with Crippen LogP contribution < -0.4 is 21.3 Å². The van der Waals surface area contributed by atoms with Crippen LogP contribution in [0.5, 0.6) is 5.75 Å². The van der Waals surface area contributed by atoms with Crippen LogP contribution in [-0.2, 0) is 13.6 Å². The van der Waals surface area contributed by atoms with Gasteiger partial charge < -0.3 is 19.7 Å². The molecule has 1 aromatic carbocycles. The number of rotatable bonds is 9. The lowest BCUT2D eigenvalue weighted by Crippen LogP contribution is -2.31. The van der Waals surface area contributed by atoms with E-state index in [1.807, 2.05) is 18.2 Å². The molecule has 2 heterocycles. The topological polar surface area (TPSA) is 114 Å². The van der Waals surface area contributed by atoms with Crippen molar-refractivity contribution in [3.8, 4) is 5.75 Å². The summed E-state index contributed by atoms with van der Waals surface area (Å²) >= 11 is 0. The number of nitrogens with zero attached hydrogens (tertiary/aromatic N) is 3. The highest BCUT2D eigenvalue weighted by atomic mass is 16.5. The summed E-state index contributed by atoms with van der Waals surface area (Å²) in [6, 6.07) is 9.18. The van der Waals surface area contributed by atoms with Gasteiger partial charge in [-0.15, -0.1) is 0 Å². The zero-order valence-electron chi connectivity index (χ0n) is 16.0. The second kappa shape index (κ2) is 8.75. The number of anilines is 1. The maximum Gasteiger partial charge on any atom is 0.329 e. The molecule has 0 aliphatic carbocycles. The van der Waals surface area contributed by atoms with Crippen LogP contribution in [0.1, 0.15) is 19.8 Å². The molecule has 9 heteroatoms. The SMILES string of the molecule is CCCCNc1nc2c(c(=O)[nH]c(=O)n2C)n1CC(O)COc1ccccc1. The molecule has 0 bridgehead atoms. The van der Waals surface area contributed by atoms with Gasteiger partial charge in [0.25, 0.3) is 5.56 Å². The second-order valence-corrected chi connectivity index (χ2v) is 6.59. The summed E-state index contributed by atoms with van der Waals surface area (Å²) in [5, 5.41) is 13.7. The third-order valence-electron chi connectivity index (χ3n) is 4.40. The normalized spacial score (nSPS) is 12.2. The first-order valence-corrected chi connectivity index (χ1v) is 9.30. The predicted octanol–water partition coefficient (Wildman–Crippen LogP) is 1.08. The lowest BCUT2D eigenvalue weighted by molar-refractivity contribution is 0.0938. The number of nitrogens with one attached hydrogen (secondary N) is 2. The number of fused-ring (bicyclic) bond motifs is 1. The molecule has 0 amide bonds. The number of aliphatic hydroxyl groups is 1. The van der Waals surface area contributed by atoms with E-state index < -0.39 is 17.4 Å². The first-order chi connectivity index (χ1) is 13.5. The summed E-state index contributed by atoms with van der Waals surface area (Å²) in [6.45, 7) is 2.90. The van der Waals surface area contributed by atoms with Gasteiger partial charge in [0.15, 0.2) is 11.2 Å². The molecule has 3 rings (SSSR count). The number of H-pyrrole nitrogens is 1. The standard InChI is InChI=1S/C19H25N5O4/c1-3-4-10-20-18-21-16-15(17(26)22-19(27)23(16)2)24(18)11-13(25)12-28-14-8-6-5-7-9-14/h5-9,13,25H,3-4,10-12H2,1-2H3,(H,20,21)(H,22,26,27). The lowest BCUT2D eigenvalue weighted by Gasteiger charge is -2.15. The number of hydrogen-bond acceptors (Lipinski definition) is 6. The van der Waals surface area contributed by atoms with Crippen LogP contribution in [0.4, 0.5) is 5.95 Å². The van der Waals surface area contributed by atoms with E-state index in [0.717, 1.165) is 12.8 Å². The molecule has 0 aliphatic rings. The Kier molecular flexibility index (Phi) is 6.15. The maximum atomic E-state index is 12.4. The second-order valence-electron chi connectivity index (χ2n) is 6.59. The fraction of sp³-hybridized carbons (Fsp3) is 0.421. The molecule has 1 atom stereocenters. The minimum absolute atomic E-state index is 0.0573. The smallest absolute Gasteiger partial charge is 0.329 e. The van der Waals surface area contributed by atoms with E-state index in [-0.39, 0.29) is 24.3 Å². The van der Waals surface area contributed by atoms with Crippen molar-refractivity contribution in [2.45, 2.75) is 32.4 Å². The van der Waals surface area contributed by atoms with Crippen LogP contribution in [0.2, 0.25) is 0 Å². The van der Waals surface area contributed by atoms with Gasteiger partial charge in [-0.25, -0.2) is 4.79 Å². The Labute approximate surface area is 161 Å². The molecule has 0 radical (unpaired) electrons.